The van der Waals surface area contributed by atoms with Gasteiger partial charge in [0.1, 0.15) is 5.82 Å². The lowest BCUT2D eigenvalue weighted by Crippen LogP contribution is -2.25. The molecule has 20 heavy (non-hydrogen) atoms. The third-order valence-corrected chi connectivity index (χ3v) is 2.79. The Balaban J connectivity index is 1.96. The summed E-state index contributed by atoms with van der Waals surface area (Å²) in [5.74, 6) is 0.398. The number of nitrogens with one attached hydrogen (secondary N) is 2. The molecule has 0 aromatic carbocycles. The van der Waals surface area contributed by atoms with Crippen LogP contribution in [0, 0.1) is 6.92 Å². The van der Waals surface area contributed by atoms with Crippen LogP contribution in [0.3, 0.4) is 0 Å². The third-order valence-electron chi connectivity index (χ3n) is 2.79. The Morgan fingerprint density at radius 2 is 2.10 bits per heavy atom. The lowest BCUT2D eigenvalue weighted by atomic mass is 10.2. The maximum Gasteiger partial charge on any atom is 0.272 e. The highest BCUT2D eigenvalue weighted by molar-refractivity contribution is 5.92. The molecule has 6 nitrogen and oxygen atoms in total. The Morgan fingerprint density at radius 1 is 1.25 bits per heavy atom. The van der Waals surface area contributed by atoms with Crippen molar-refractivity contribution in [1.29, 1.82) is 0 Å². The fourth-order valence-corrected chi connectivity index (χ4v) is 1.69. The van der Waals surface area contributed by atoms with Gasteiger partial charge in [-0.05, 0) is 37.6 Å². The number of pyridine rings is 1. The number of anilines is 1. The molecule has 2 rings (SSSR count). The van der Waals surface area contributed by atoms with E-state index in [-0.39, 0.29) is 5.91 Å². The van der Waals surface area contributed by atoms with Gasteiger partial charge in [0.25, 0.3) is 5.91 Å². The lowest BCUT2D eigenvalue weighted by molar-refractivity contribution is 0.0944. The summed E-state index contributed by atoms with van der Waals surface area (Å²) in [4.78, 5) is 16.2. The molecule has 2 aromatic rings. The molecule has 1 amide bonds. The Morgan fingerprint density at radius 3 is 2.75 bits per heavy atom. The molecule has 2 N–H and O–H groups in total. The van der Waals surface area contributed by atoms with Gasteiger partial charge in [0.2, 0.25) is 0 Å². The van der Waals surface area contributed by atoms with Crippen LogP contribution in [0.5, 0.6) is 0 Å². The SMILES string of the molecule is CCNc1ccc(C(=O)NCc2ncccc2C)nn1. The average Bonchev–Trinajstić information content (AvgIpc) is 2.47. The van der Waals surface area contributed by atoms with Crippen molar-refractivity contribution >= 4 is 11.7 Å². The minimum atomic E-state index is -0.259. The highest BCUT2D eigenvalue weighted by Gasteiger charge is 2.08. The Hall–Kier alpha value is -2.50. The van der Waals surface area contributed by atoms with Crippen LogP contribution in [0.2, 0.25) is 0 Å². The van der Waals surface area contributed by atoms with Crippen molar-refractivity contribution in [3.63, 3.8) is 0 Å². The first-order valence-electron chi connectivity index (χ1n) is 6.47. The van der Waals surface area contributed by atoms with Crippen LogP contribution in [0.4, 0.5) is 5.82 Å². The van der Waals surface area contributed by atoms with Crippen molar-refractivity contribution in [3.05, 3.63) is 47.4 Å². The first kappa shape index (κ1) is 13.9. The van der Waals surface area contributed by atoms with Crippen LogP contribution in [0.25, 0.3) is 0 Å². The van der Waals surface area contributed by atoms with Gasteiger partial charge in [-0.1, -0.05) is 6.07 Å². The number of carbonyl (C=O) groups excluding carboxylic acids is 1. The normalized spacial score (nSPS) is 10.1. The summed E-state index contributed by atoms with van der Waals surface area (Å²) in [5, 5.41) is 13.6. The summed E-state index contributed by atoms with van der Waals surface area (Å²) in [6, 6.07) is 7.20. The first-order chi connectivity index (χ1) is 9.70. The van der Waals surface area contributed by atoms with E-state index in [0.717, 1.165) is 17.8 Å². The number of carbonyl (C=O) groups is 1. The fraction of sp³-hybridized carbons (Fsp3) is 0.286. The Bertz CT molecular complexity index is 582. The molecule has 0 unspecified atom stereocenters. The summed E-state index contributed by atoms with van der Waals surface area (Å²) in [7, 11) is 0. The van der Waals surface area contributed by atoms with E-state index < -0.39 is 0 Å². The number of rotatable bonds is 5. The van der Waals surface area contributed by atoms with E-state index in [4.69, 9.17) is 0 Å². The molecular formula is C14H17N5O. The topological polar surface area (TPSA) is 79.8 Å². The van der Waals surface area contributed by atoms with Crippen molar-refractivity contribution < 1.29 is 4.79 Å². The second-order valence-corrected chi connectivity index (χ2v) is 4.28. The molecule has 0 saturated heterocycles. The molecule has 0 spiro atoms. The zero-order valence-electron chi connectivity index (χ0n) is 11.6. The second kappa shape index (κ2) is 6.60. The minimum absolute atomic E-state index is 0.259. The van der Waals surface area contributed by atoms with Crippen molar-refractivity contribution in [1.82, 2.24) is 20.5 Å². The van der Waals surface area contributed by atoms with E-state index in [1.807, 2.05) is 26.0 Å². The predicted molar refractivity (Wildman–Crippen MR) is 76.3 cm³/mol. The van der Waals surface area contributed by atoms with Gasteiger partial charge in [-0.15, -0.1) is 10.2 Å². The zero-order valence-corrected chi connectivity index (χ0v) is 11.6. The quantitative estimate of drug-likeness (QED) is 0.862. The molecule has 2 aromatic heterocycles. The summed E-state index contributed by atoms with van der Waals surface area (Å²) in [6.45, 7) is 5.07. The predicted octanol–water partition coefficient (Wildman–Crippen LogP) is 1.54. The molecule has 0 atom stereocenters. The van der Waals surface area contributed by atoms with E-state index in [0.29, 0.717) is 18.1 Å². The second-order valence-electron chi connectivity index (χ2n) is 4.28. The third kappa shape index (κ3) is 3.50. The molecule has 0 radical (unpaired) electrons. The van der Waals surface area contributed by atoms with Gasteiger partial charge in [0.15, 0.2) is 5.69 Å². The van der Waals surface area contributed by atoms with E-state index in [1.165, 1.54) is 0 Å². The Labute approximate surface area is 117 Å². The molecule has 0 aliphatic heterocycles. The maximum absolute atomic E-state index is 11.9. The van der Waals surface area contributed by atoms with Crippen molar-refractivity contribution in [2.45, 2.75) is 20.4 Å². The fourth-order valence-electron chi connectivity index (χ4n) is 1.69. The van der Waals surface area contributed by atoms with E-state index >= 15 is 0 Å². The summed E-state index contributed by atoms with van der Waals surface area (Å²) in [6.07, 6.45) is 1.71. The van der Waals surface area contributed by atoms with Crippen LogP contribution < -0.4 is 10.6 Å². The molecule has 0 aliphatic carbocycles. The Kier molecular flexibility index (Phi) is 4.60. The monoisotopic (exact) mass is 271 g/mol. The number of nitrogens with zero attached hydrogens (tertiary/aromatic N) is 3. The highest BCUT2D eigenvalue weighted by atomic mass is 16.1. The van der Waals surface area contributed by atoms with Gasteiger partial charge in [-0.2, -0.15) is 0 Å². The zero-order chi connectivity index (χ0) is 14.4. The van der Waals surface area contributed by atoms with Crippen molar-refractivity contribution in [2.75, 3.05) is 11.9 Å². The largest absolute Gasteiger partial charge is 0.369 e. The van der Waals surface area contributed by atoms with Gasteiger partial charge in [-0.25, -0.2) is 0 Å². The van der Waals surface area contributed by atoms with Gasteiger partial charge < -0.3 is 10.6 Å². The average molecular weight is 271 g/mol. The van der Waals surface area contributed by atoms with Gasteiger partial charge in [0.05, 0.1) is 12.2 Å². The molecule has 104 valence electrons. The van der Waals surface area contributed by atoms with Gasteiger partial charge in [-0.3, -0.25) is 9.78 Å². The number of aryl methyl sites for hydroxylation is 1. The van der Waals surface area contributed by atoms with E-state index in [1.54, 1.807) is 18.3 Å². The number of hydrogen-bond donors (Lipinski definition) is 2. The van der Waals surface area contributed by atoms with Crippen molar-refractivity contribution in [2.24, 2.45) is 0 Å². The maximum atomic E-state index is 11.9. The molecule has 2 heterocycles. The molecule has 6 heteroatoms. The highest BCUT2D eigenvalue weighted by Crippen LogP contribution is 2.04. The molecule has 0 saturated carbocycles. The summed E-state index contributed by atoms with van der Waals surface area (Å²) in [5.41, 5.74) is 2.18. The molecular weight excluding hydrogens is 254 g/mol. The number of aromatic nitrogens is 3. The van der Waals surface area contributed by atoms with Crippen LogP contribution >= 0.6 is 0 Å². The molecule has 0 aliphatic rings. The van der Waals surface area contributed by atoms with E-state index in [9.17, 15) is 4.79 Å². The molecule has 0 bridgehead atoms. The van der Waals surface area contributed by atoms with Crippen LogP contribution in [0.1, 0.15) is 28.7 Å². The summed E-state index contributed by atoms with van der Waals surface area (Å²) < 4.78 is 0. The van der Waals surface area contributed by atoms with Crippen LogP contribution in [-0.4, -0.2) is 27.6 Å². The van der Waals surface area contributed by atoms with Crippen LogP contribution in [0.15, 0.2) is 30.5 Å². The van der Waals surface area contributed by atoms with Gasteiger partial charge in [0, 0.05) is 12.7 Å². The number of hydrogen-bond acceptors (Lipinski definition) is 5. The van der Waals surface area contributed by atoms with Crippen molar-refractivity contribution in [3.8, 4) is 0 Å². The first-order valence-corrected chi connectivity index (χ1v) is 6.47. The van der Waals surface area contributed by atoms with Crippen LogP contribution in [-0.2, 0) is 6.54 Å². The number of amides is 1. The van der Waals surface area contributed by atoms with Gasteiger partial charge >= 0.3 is 0 Å². The lowest BCUT2D eigenvalue weighted by Gasteiger charge is -2.06. The minimum Gasteiger partial charge on any atom is -0.369 e. The molecule has 0 fully saturated rings. The standard InChI is InChI=1S/C14H17N5O/c1-3-15-13-7-6-11(18-19-13)14(20)17-9-12-10(2)5-4-8-16-12/h4-8H,3,9H2,1-2H3,(H,15,19)(H,17,20). The smallest absolute Gasteiger partial charge is 0.272 e. The summed E-state index contributed by atoms with van der Waals surface area (Å²) >= 11 is 0. The van der Waals surface area contributed by atoms with E-state index in [2.05, 4.69) is 25.8 Å².